The number of nitrogens with zero attached hydrogens (tertiary/aromatic N) is 1. The van der Waals surface area contributed by atoms with Gasteiger partial charge in [0.25, 0.3) is 0 Å². The summed E-state index contributed by atoms with van der Waals surface area (Å²) in [4.78, 5) is 11.8. The summed E-state index contributed by atoms with van der Waals surface area (Å²) in [5, 5.41) is 4.79. The number of hydrogen-bond donors (Lipinski definition) is 1. The molecule has 1 amide bonds. The molecule has 0 aromatic heterocycles. The van der Waals surface area contributed by atoms with Crippen molar-refractivity contribution in [1.29, 1.82) is 0 Å². The van der Waals surface area contributed by atoms with E-state index in [0.29, 0.717) is 10.8 Å². The van der Waals surface area contributed by atoms with Crippen LogP contribution in [-0.2, 0) is 10.5 Å². The van der Waals surface area contributed by atoms with E-state index in [-0.39, 0.29) is 5.91 Å². The van der Waals surface area contributed by atoms with E-state index in [1.165, 1.54) is 5.56 Å². The summed E-state index contributed by atoms with van der Waals surface area (Å²) in [5.74, 6) is 1.09. The fourth-order valence-electron chi connectivity index (χ4n) is 1.77. The quantitative estimate of drug-likeness (QED) is 0.638. The fourth-order valence-corrected chi connectivity index (χ4v) is 2.68. The molecule has 0 radical (unpaired) electrons. The van der Waals surface area contributed by atoms with Crippen molar-refractivity contribution in [1.82, 2.24) is 5.43 Å². The molecule has 1 N–H and O–H groups in total. The topological polar surface area (TPSA) is 41.5 Å². The summed E-state index contributed by atoms with van der Waals surface area (Å²) in [6, 6.07) is 17.4. The normalized spacial score (nSPS) is 11.3. The van der Waals surface area contributed by atoms with Crippen molar-refractivity contribution in [2.45, 2.75) is 12.7 Å². The summed E-state index contributed by atoms with van der Waals surface area (Å²) in [7, 11) is 0. The minimum absolute atomic E-state index is 0.103. The Morgan fingerprint density at radius 3 is 2.50 bits per heavy atom. The van der Waals surface area contributed by atoms with Crippen LogP contribution in [-0.4, -0.2) is 17.4 Å². The average molecular weight is 333 g/mol. The van der Waals surface area contributed by atoms with Crippen LogP contribution < -0.4 is 5.43 Å². The first-order valence-electron chi connectivity index (χ1n) is 6.86. The van der Waals surface area contributed by atoms with Crippen LogP contribution in [0.5, 0.6) is 0 Å². The molecule has 0 aliphatic rings. The number of nitrogens with one attached hydrogen (secondary N) is 1. The number of carbonyl (C=O) groups is 1. The first-order valence-corrected chi connectivity index (χ1v) is 8.39. The Kier molecular flexibility index (Phi) is 6.49. The smallest absolute Gasteiger partial charge is 0.250 e. The van der Waals surface area contributed by atoms with E-state index < -0.39 is 0 Å². The molecule has 0 fully saturated rings. The maximum atomic E-state index is 11.8. The number of benzene rings is 2. The van der Waals surface area contributed by atoms with E-state index >= 15 is 0 Å². The third-order valence-electron chi connectivity index (χ3n) is 2.96. The lowest BCUT2D eigenvalue weighted by atomic mass is 10.1. The Morgan fingerprint density at radius 1 is 1.14 bits per heavy atom. The summed E-state index contributed by atoms with van der Waals surface area (Å²) in [6.45, 7) is 1.85. The molecule has 2 aromatic carbocycles. The minimum atomic E-state index is -0.103. The SMILES string of the molecule is CC(=NNC(=O)CSCc1ccccc1)c1ccc(Cl)cc1. The summed E-state index contributed by atoms with van der Waals surface area (Å²) < 4.78 is 0. The fraction of sp³-hybridized carbons (Fsp3) is 0.176. The Hall–Kier alpha value is -1.78. The van der Waals surface area contributed by atoms with Crippen LogP contribution in [0.1, 0.15) is 18.1 Å². The van der Waals surface area contributed by atoms with Crippen molar-refractivity contribution in [3.05, 3.63) is 70.7 Å². The number of halogens is 1. The van der Waals surface area contributed by atoms with Gasteiger partial charge < -0.3 is 0 Å². The van der Waals surface area contributed by atoms with Gasteiger partial charge in [0.15, 0.2) is 0 Å². The Morgan fingerprint density at radius 2 is 1.82 bits per heavy atom. The number of amides is 1. The second-order valence-corrected chi connectivity index (χ2v) is 6.14. The Balaban J connectivity index is 1.77. The molecular formula is C17H17ClN2OS. The molecule has 2 aromatic rings. The summed E-state index contributed by atoms with van der Waals surface area (Å²) in [5.41, 5.74) is 5.47. The summed E-state index contributed by atoms with van der Waals surface area (Å²) >= 11 is 7.40. The van der Waals surface area contributed by atoms with Crippen LogP contribution in [0.25, 0.3) is 0 Å². The maximum absolute atomic E-state index is 11.8. The van der Waals surface area contributed by atoms with Gasteiger partial charge in [-0.3, -0.25) is 4.79 Å². The predicted octanol–water partition coefficient (Wildman–Crippen LogP) is 4.11. The van der Waals surface area contributed by atoms with Crippen LogP contribution in [0, 0.1) is 0 Å². The van der Waals surface area contributed by atoms with E-state index in [2.05, 4.69) is 10.5 Å². The van der Waals surface area contributed by atoms with E-state index in [9.17, 15) is 4.79 Å². The highest BCUT2D eigenvalue weighted by atomic mass is 35.5. The van der Waals surface area contributed by atoms with Crippen LogP contribution in [0.15, 0.2) is 59.7 Å². The molecule has 0 unspecified atom stereocenters. The first kappa shape index (κ1) is 16.6. The van der Waals surface area contributed by atoms with E-state index in [1.54, 1.807) is 23.9 Å². The van der Waals surface area contributed by atoms with Crippen LogP contribution in [0.4, 0.5) is 0 Å². The zero-order chi connectivity index (χ0) is 15.8. The van der Waals surface area contributed by atoms with Gasteiger partial charge in [-0.25, -0.2) is 5.43 Å². The van der Waals surface area contributed by atoms with E-state index in [1.807, 2.05) is 49.4 Å². The summed E-state index contributed by atoms with van der Waals surface area (Å²) in [6.07, 6.45) is 0. The molecule has 0 atom stereocenters. The molecule has 0 bridgehead atoms. The predicted molar refractivity (Wildman–Crippen MR) is 94.4 cm³/mol. The first-order chi connectivity index (χ1) is 10.6. The lowest BCUT2D eigenvalue weighted by Crippen LogP contribution is -2.21. The maximum Gasteiger partial charge on any atom is 0.250 e. The molecule has 0 spiro atoms. The molecule has 0 aliphatic carbocycles. The van der Waals surface area contributed by atoms with Gasteiger partial charge in [-0.2, -0.15) is 5.10 Å². The standard InChI is InChI=1S/C17H17ClN2OS/c1-13(15-7-9-16(18)10-8-15)19-20-17(21)12-22-11-14-5-3-2-4-6-14/h2-10H,11-12H2,1H3,(H,20,21). The third kappa shape index (κ3) is 5.54. The van der Waals surface area contributed by atoms with Crippen molar-refractivity contribution in [3.63, 3.8) is 0 Å². The van der Waals surface area contributed by atoms with Gasteiger partial charge in [0, 0.05) is 10.8 Å². The second kappa shape index (κ2) is 8.61. The van der Waals surface area contributed by atoms with Crippen LogP contribution >= 0.6 is 23.4 Å². The molecule has 2 rings (SSSR count). The number of carbonyl (C=O) groups excluding carboxylic acids is 1. The van der Waals surface area contributed by atoms with Crippen molar-refractivity contribution in [2.75, 3.05) is 5.75 Å². The molecule has 3 nitrogen and oxygen atoms in total. The number of thioether (sulfide) groups is 1. The van der Waals surface area contributed by atoms with E-state index in [4.69, 9.17) is 11.6 Å². The molecule has 22 heavy (non-hydrogen) atoms. The highest BCUT2D eigenvalue weighted by Gasteiger charge is 2.02. The van der Waals surface area contributed by atoms with Gasteiger partial charge in [-0.1, -0.05) is 54.1 Å². The molecule has 0 aliphatic heterocycles. The Labute approximate surface area is 139 Å². The van der Waals surface area contributed by atoms with Crippen molar-refractivity contribution >= 4 is 35.0 Å². The minimum Gasteiger partial charge on any atom is -0.272 e. The second-order valence-electron chi connectivity index (χ2n) is 4.72. The molecule has 5 heteroatoms. The van der Waals surface area contributed by atoms with Gasteiger partial charge in [-0.15, -0.1) is 11.8 Å². The van der Waals surface area contributed by atoms with Gasteiger partial charge in [0.05, 0.1) is 11.5 Å². The molecule has 0 heterocycles. The number of hydrazone groups is 1. The van der Waals surface area contributed by atoms with Gasteiger partial charge >= 0.3 is 0 Å². The Bertz CT molecular complexity index is 641. The molecule has 0 saturated heterocycles. The van der Waals surface area contributed by atoms with Crippen molar-refractivity contribution < 1.29 is 4.79 Å². The lowest BCUT2D eigenvalue weighted by molar-refractivity contribution is -0.118. The van der Waals surface area contributed by atoms with E-state index in [0.717, 1.165) is 17.0 Å². The zero-order valence-electron chi connectivity index (χ0n) is 12.3. The number of rotatable bonds is 6. The number of hydrogen-bond acceptors (Lipinski definition) is 3. The molecular weight excluding hydrogens is 316 g/mol. The lowest BCUT2D eigenvalue weighted by Gasteiger charge is -2.04. The van der Waals surface area contributed by atoms with Crippen molar-refractivity contribution in [2.24, 2.45) is 5.10 Å². The van der Waals surface area contributed by atoms with Gasteiger partial charge in [0.2, 0.25) is 5.91 Å². The molecule has 114 valence electrons. The molecule has 0 saturated carbocycles. The highest BCUT2D eigenvalue weighted by molar-refractivity contribution is 7.99. The monoisotopic (exact) mass is 332 g/mol. The van der Waals surface area contributed by atoms with Gasteiger partial charge in [0.1, 0.15) is 0 Å². The van der Waals surface area contributed by atoms with Crippen molar-refractivity contribution in [3.8, 4) is 0 Å². The largest absolute Gasteiger partial charge is 0.272 e. The van der Waals surface area contributed by atoms with Crippen LogP contribution in [0.3, 0.4) is 0 Å². The zero-order valence-corrected chi connectivity index (χ0v) is 13.8. The third-order valence-corrected chi connectivity index (χ3v) is 4.21. The average Bonchev–Trinajstić information content (AvgIpc) is 2.54. The highest BCUT2D eigenvalue weighted by Crippen LogP contribution is 2.12. The van der Waals surface area contributed by atoms with Crippen LogP contribution in [0.2, 0.25) is 5.02 Å². The van der Waals surface area contributed by atoms with Gasteiger partial charge in [-0.05, 0) is 30.2 Å².